The molecule has 1 N–H and O–H groups in total. The van der Waals surface area contributed by atoms with E-state index in [2.05, 4.69) is 5.10 Å². The van der Waals surface area contributed by atoms with Gasteiger partial charge in [-0.3, -0.25) is 9.59 Å². The first-order valence-electron chi connectivity index (χ1n) is 8.27. The predicted molar refractivity (Wildman–Crippen MR) is 95.7 cm³/mol. The van der Waals surface area contributed by atoms with Crippen molar-refractivity contribution in [2.75, 3.05) is 26.8 Å². The number of ether oxygens (including phenoxy) is 1. The molecule has 2 heterocycles. The molecule has 1 aromatic heterocycles. The minimum absolute atomic E-state index is 0.0773. The number of rotatable bonds is 5. The predicted octanol–water partition coefficient (Wildman–Crippen LogP) is 2.48. The smallest absolute Gasteiger partial charge is 0.313 e. The fourth-order valence-electron chi connectivity index (χ4n) is 3.31. The first-order valence-corrected chi connectivity index (χ1v) is 8.65. The zero-order valence-electron chi connectivity index (χ0n) is 14.4. The molecule has 0 spiro atoms. The molecule has 0 radical (unpaired) electrons. The van der Waals surface area contributed by atoms with Crippen molar-refractivity contribution in [3.8, 4) is 5.69 Å². The van der Waals surface area contributed by atoms with Gasteiger partial charge in [-0.1, -0.05) is 17.7 Å². The molecule has 8 heteroatoms. The van der Waals surface area contributed by atoms with E-state index in [0.29, 0.717) is 30.0 Å². The van der Waals surface area contributed by atoms with Gasteiger partial charge in [0.2, 0.25) is 0 Å². The molecule has 1 fully saturated rings. The zero-order valence-corrected chi connectivity index (χ0v) is 15.1. The van der Waals surface area contributed by atoms with E-state index in [1.807, 2.05) is 6.07 Å². The number of hydrogen-bond donors (Lipinski definition) is 1. The Kier molecular flexibility index (Phi) is 5.29. The Morgan fingerprint density at radius 3 is 2.92 bits per heavy atom. The van der Waals surface area contributed by atoms with E-state index >= 15 is 0 Å². The Morgan fingerprint density at radius 2 is 2.23 bits per heavy atom. The minimum atomic E-state index is -1.06. The second-order valence-electron chi connectivity index (χ2n) is 6.50. The van der Waals surface area contributed by atoms with Crippen LogP contribution in [0, 0.1) is 5.41 Å². The summed E-state index contributed by atoms with van der Waals surface area (Å²) in [5.74, 6) is -1.17. The summed E-state index contributed by atoms with van der Waals surface area (Å²) in [5.41, 5.74) is 0.0871. The van der Waals surface area contributed by atoms with E-state index in [1.54, 1.807) is 34.0 Å². The van der Waals surface area contributed by atoms with E-state index in [0.717, 1.165) is 5.69 Å². The summed E-state index contributed by atoms with van der Waals surface area (Å²) in [5, 5.41) is 14.4. The number of carboxylic acids is 1. The number of aromatic nitrogens is 2. The number of amides is 1. The van der Waals surface area contributed by atoms with Gasteiger partial charge >= 0.3 is 5.97 Å². The molecule has 1 aliphatic rings. The third-order valence-electron chi connectivity index (χ3n) is 4.64. The molecule has 0 aliphatic carbocycles. The van der Waals surface area contributed by atoms with Crippen LogP contribution in [0.15, 0.2) is 36.7 Å². The fraction of sp³-hybridized carbons (Fsp3) is 0.389. The van der Waals surface area contributed by atoms with Crippen molar-refractivity contribution in [2.45, 2.75) is 12.8 Å². The highest BCUT2D eigenvalue weighted by atomic mass is 35.5. The minimum Gasteiger partial charge on any atom is -0.481 e. The van der Waals surface area contributed by atoms with Gasteiger partial charge in [0.25, 0.3) is 5.91 Å². The fourth-order valence-corrected chi connectivity index (χ4v) is 3.50. The van der Waals surface area contributed by atoms with Crippen LogP contribution < -0.4 is 0 Å². The van der Waals surface area contributed by atoms with Crippen molar-refractivity contribution in [2.24, 2.45) is 5.41 Å². The van der Waals surface area contributed by atoms with Crippen LogP contribution in [0.5, 0.6) is 0 Å². The maximum absolute atomic E-state index is 12.8. The number of benzene rings is 1. The van der Waals surface area contributed by atoms with Gasteiger partial charge in [0.1, 0.15) is 5.41 Å². The van der Waals surface area contributed by atoms with Crippen molar-refractivity contribution in [3.63, 3.8) is 0 Å². The van der Waals surface area contributed by atoms with Gasteiger partial charge in [-0.2, -0.15) is 5.10 Å². The molecule has 1 unspecified atom stereocenters. The Labute approximate surface area is 156 Å². The SMILES string of the molecule is COCC1(C(=O)O)CCCN(C(=O)c2cnn(-c3cccc(Cl)c3)c2)C1. The summed E-state index contributed by atoms with van der Waals surface area (Å²) in [6.45, 7) is 0.713. The third kappa shape index (κ3) is 3.59. The number of carbonyl (C=O) groups is 2. The zero-order chi connectivity index (χ0) is 18.7. The highest BCUT2D eigenvalue weighted by Crippen LogP contribution is 2.31. The molecule has 0 bridgehead atoms. The summed E-state index contributed by atoms with van der Waals surface area (Å²) >= 11 is 5.99. The monoisotopic (exact) mass is 377 g/mol. The lowest BCUT2D eigenvalue weighted by atomic mass is 9.80. The second-order valence-corrected chi connectivity index (χ2v) is 6.94. The number of piperidine rings is 1. The molecule has 138 valence electrons. The highest BCUT2D eigenvalue weighted by molar-refractivity contribution is 6.30. The largest absolute Gasteiger partial charge is 0.481 e. The lowest BCUT2D eigenvalue weighted by Crippen LogP contribution is -2.52. The normalized spacial score (nSPS) is 20.2. The standard InChI is InChI=1S/C18H20ClN3O4/c1-26-12-18(17(24)25)6-3-7-21(11-18)16(23)13-9-20-22(10-13)15-5-2-4-14(19)8-15/h2,4-5,8-10H,3,6-7,11-12H2,1H3,(H,24,25). The molecule has 1 amide bonds. The quantitative estimate of drug-likeness (QED) is 0.865. The number of nitrogens with zero attached hydrogens (tertiary/aromatic N) is 3. The second kappa shape index (κ2) is 7.47. The summed E-state index contributed by atoms with van der Waals surface area (Å²) in [6, 6.07) is 7.15. The van der Waals surface area contributed by atoms with Crippen LogP contribution in [0.25, 0.3) is 5.69 Å². The molecule has 2 aromatic rings. The van der Waals surface area contributed by atoms with Crippen LogP contribution in [0.1, 0.15) is 23.2 Å². The molecule has 1 atom stereocenters. The van der Waals surface area contributed by atoms with Gasteiger partial charge in [0, 0.05) is 31.4 Å². The Bertz CT molecular complexity index is 818. The van der Waals surface area contributed by atoms with E-state index in [1.165, 1.54) is 13.3 Å². The van der Waals surface area contributed by atoms with E-state index in [9.17, 15) is 14.7 Å². The molecular weight excluding hydrogens is 358 g/mol. The molecule has 26 heavy (non-hydrogen) atoms. The molecule has 1 aromatic carbocycles. The van der Waals surface area contributed by atoms with Crippen LogP contribution in [0.2, 0.25) is 5.02 Å². The molecule has 1 aliphatic heterocycles. The summed E-state index contributed by atoms with van der Waals surface area (Å²) in [4.78, 5) is 26.1. The number of carbonyl (C=O) groups excluding carboxylic acids is 1. The van der Waals surface area contributed by atoms with Crippen molar-refractivity contribution in [1.82, 2.24) is 14.7 Å². The Balaban J connectivity index is 1.80. The van der Waals surface area contributed by atoms with Gasteiger partial charge in [-0.05, 0) is 31.0 Å². The number of aliphatic carboxylic acids is 1. The van der Waals surface area contributed by atoms with Gasteiger partial charge in [0.15, 0.2) is 0 Å². The molecule has 0 saturated carbocycles. The molecule has 1 saturated heterocycles. The lowest BCUT2D eigenvalue weighted by Gasteiger charge is -2.39. The van der Waals surface area contributed by atoms with Crippen molar-refractivity contribution < 1.29 is 19.4 Å². The van der Waals surface area contributed by atoms with E-state index < -0.39 is 11.4 Å². The summed E-state index contributed by atoms with van der Waals surface area (Å²) < 4.78 is 6.68. The first kappa shape index (κ1) is 18.4. The number of likely N-dealkylation sites (tertiary alicyclic amines) is 1. The maximum atomic E-state index is 12.8. The third-order valence-corrected chi connectivity index (χ3v) is 4.88. The molecular formula is C18H20ClN3O4. The Hall–Kier alpha value is -2.38. The van der Waals surface area contributed by atoms with Crippen molar-refractivity contribution in [1.29, 1.82) is 0 Å². The maximum Gasteiger partial charge on any atom is 0.313 e. The first-order chi connectivity index (χ1) is 12.4. The van der Waals surface area contributed by atoms with E-state index in [4.69, 9.17) is 16.3 Å². The average molecular weight is 378 g/mol. The van der Waals surface area contributed by atoms with Gasteiger partial charge < -0.3 is 14.7 Å². The van der Waals surface area contributed by atoms with Crippen LogP contribution in [-0.2, 0) is 9.53 Å². The number of halogens is 1. The molecule has 3 rings (SSSR count). The van der Waals surface area contributed by atoms with Crippen LogP contribution in [0.3, 0.4) is 0 Å². The van der Waals surface area contributed by atoms with Crippen molar-refractivity contribution in [3.05, 3.63) is 47.2 Å². The van der Waals surface area contributed by atoms with Crippen LogP contribution in [0.4, 0.5) is 0 Å². The Morgan fingerprint density at radius 1 is 1.42 bits per heavy atom. The van der Waals surface area contributed by atoms with Gasteiger partial charge in [0.05, 0.1) is 24.1 Å². The van der Waals surface area contributed by atoms with E-state index in [-0.39, 0.29) is 19.1 Å². The summed E-state index contributed by atoms with van der Waals surface area (Å²) in [7, 11) is 1.47. The summed E-state index contributed by atoms with van der Waals surface area (Å²) in [6.07, 6.45) is 4.21. The van der Waals surface area contributed by atoms with Crippen molar-refractivity contribution >= 4 is 23.5 Å². The van der Waals surface area contributed by atoms with Crippen LogP contribution >= 0.6 is 11.6 Å². The topological polar surface area (TPSA) is 84.7 Å². The van der Waals surface area contributed by atoms with Gasteiger partial charge in [-0.25, -0.2) is 4.68 Å². The van der Waals surface area contributed by atoms with Crippen LogP contribution in [-0.4, -0.2) is 58.5 Å². The number of methoxy groups -OCH3 is 1. The highest BCUT2D eigenvalue weighted by Gasteiger charge is 2.44. The average Bonchev–Trinajstić information content (AvgIpc) is 3.11. The lowest BCUT2D eigenvalue weighted by molar-refractivity contribution is -0.155. The number of hydrogen-bond acceptors (Lipinski definition) is 4. The number of carboxylic acid groups (broad SMARTS) is 1. The van der Waals surface area contributed by atoms with Gasteiger partial charge in [-0.15, -0.1) is 0 Å². The molecule has 7 nitrogen and oxygen atoms in total.